The average molecular weight is 589 g/mol. The highest BCUT2D eigenvalue weighted by Gasteiger charge is 2.22. The molecular weight excluding hydrogens is 548 g/mol. The largest absolute Gasteiger partial charge is 0.480 e. The molecule has 0 bridgehead atoms. The van der Waals surface area contributed by atoms with Gasteiger partial charge in [0.25, 0.3) is 5.91 Å². The molecule has 0 radical (unpaired) electrons. The Morgan fingerprint density at radius 1 is 0.881 bits per heavy atom. The number of nitrogens with zero attached hydrogens (tertiary/aromatic N) is 1. The van der Waals surface area contributed by atoms with Gasteiger partial charge in [0.15, 0.2) is 0 Å². The Labute approximate surface area is 245 Å². The molecule has 0 aromatic heterocycles. The van der Waals surface area contributed by atoms with Crippen molar-refractivity contribution in [3.63, 3.8) is 0 Å². The summed E-state index contributed by atoms with van der Waals surface area (Å²) in [5.41, 5.74) is 6.85. The topological polar surface area (TPSA) is 179 Å². The van der Waals surface area contributed by atoms with Crippen LogP contribution in [0.25, 0.3) is 0 Å². The molecule has 13 nitrogen and oxygen atoms in total. The van der Waals surface area contributed by atoms with Gasteiger partial charge in [0.1, 0.15) is 12.6 Å². The quantitative estimate of drug-likeness (QED) is 0.166. The van der Waals surface area contributed by atoms with E-state index >= 15 is 0 Å². The first-order chi connectivity index (χ1) is 20.3. The van der Waals surface area contributed by atoms with E-state index in [0.717, 1.165) is 5.56 Å². The van der Waals surface area contributed by atoms with Crippen LogP contribution in [0.3, 0.4) is 0 Å². The number of carbonyl (C=O) groups excluding carboxylic acids is 3. The van der Waals surface area contributed by atoms with Crippen molar-refractivity contribution >= 4 is 29.6 Å². The molecule has 0 spiro atoms. The molecule has 5 N–H and O–H groups in total. The molecule has 13 heteroatoms. The van der Waals surface area contributed by atoms with E-state index in [1.54, 1.807) is 12.1 Å². The maximum atomic E-state index is 12.6. The summed E-state index contributed by atoms with van der Waals surface area (Å²) in [6, 6.07) is 14.0. The first-order valence-electron chi connectivity index (χ1n) is 13.6. The van der Waals surface area contributed by atoms with Crippen molar-refractivity contribution in [3.05, 3.63) is 65.7 Å². The Balaban J connectivity index is 1.68. The van der Waals surface area contributed by atoms with Crippen LogP contribution in [0.1, 0.15) is 28.8 Å². The second kappa shape index (κ2) is 19.9. The minimum Gasteiger partial charge on any atom is -0.480 e. The summed E-state index contributed by atoms with van der Waals surface area (Å²) in [5.74, 6) is -2.24. The van der Waals surface area contributed by atoms with Crippen LogP contribution in [0.4, 0.5) is 10.5 Å². The Morgan fingerprint density at radius 2 is 1.50 bits per heavy atom. The summed E-state index contributed by atoms with van der Waals surface area (Å²) in [6.45, 7) is 3.24. The van der Waals surface area contributed by atoms with Gasteiger partial charge in [-0.15, -0.1) is 0 Å². The second-order valence-corrected chi connectivity index (χ2v) is 9.02. The van der Waals surface area contributed by atoms with Crippen LogP contribution in [0.15, 0.2) is 54.6 Å². The maximum Gasteiger partial charge on any atom is 0.414 e. The number of benzene rings is 2. The molecule has 2 aromatic carbocycles. The molecule has 230 valence electrons. The lowest BCUT2D eigenvalue weighted by molar-refractivity contribution is -0.139. The van der Waals surface area contributed by atoms with Crippen LogP contribution in [0.2, 0.25) is 0 Å². The van der Waals surface area contributed by atoms with E-state index in [2.05, 4.69) is 10.6 Å². The molecular formula is C29H40N4O9. The van der Waals surface area contributed by atoms with Gasteiger partial charge in [-0.3, -0.25) is 14.5 Å². The Morgan fingerprint density at radius 3 is 2.12 bits per heavy atom. The molecule has 42 heavy (non-hydrogen) atoms. The number of ether oxygens (including phenoxy) is 4. The van der Waals surface area contributed by atoms with Crippen LogP contribution < -0.4 is 21.3 Å². The molecule has 1 atom stereocenters. The molecule has 0 unspecified atom stereocenters. The Hall–Kier alpha value is -4.04. The van der Waals surface area contributed by atoms with Crippen molar-refractivity contribution in [1.29, 1.82) is 0 Å². The number of aliphatic carboxylic acids is 1. The fourth-order valence-electron chi connectivity index (χ4n) is 3.51. The number of rotatable bonds is 20. The lowest BCUT2D eigenvalue weighted by Crippen LogP contribution is -2.41. The normalized spacial score (nSPS) is 11.4. The van der Waals surface area contributed by atoms with Gasteiger partial charge in [0.05, 0.1) is 39.6 Å². The van der Waals surface area contributed by atoms with Gasteiger partial charge in [0.2, 0.25) is 5.91 Å². The molecule has 0 saturated heterocycles. The van der Waals surface area contributed by atoms with E-state index in [9.17, 15) is 24.3 Å². The van der Waals surface area contributed by atoms with E-state index in [1.807, 2.05) is 30.3 Å². The Bertz CT molecular complexity index is 1100. The lowest BCUT2D eigenvalue weighted by Gasteiger charge is -2.18. The van der Waals surface area contributed by atoms with E-state index in [4.69, 9.17) is 24.7 Å². The predicted molar refractivity (Wildman–Crippen MR) is 154 cm³/mol. The van der Waals surface area contributed by atoms with Gasteiger partial charge >= 0.3 is 12.1 Å². The van der Waals surface area contributed by atoms with Crippen molar-refractivity contribution in [2.75, 3.05) is 64.7 Å². The summed E-state index contributed by atoms with van der Waals surface area (Å²) >= 11 is 0. The number of carboxylic acids is 1. The molecule has 0 aliphatic rings. The minimum atomic E-state index is -1.26. The summed E-state index contributed by atoms with van der Waals surface area (Å²) in [6.07, 6.45) is -0.763. The number of anilines is 1. The van der Waals surface area contributed by atoms with Crippen LogP contribution in [-0.2, 0) is 35.1 Å². The molecule has 0 aliphatic carbocycles. The molecule has 0 saturated carbocycles. The predicted octanol–water partition coefficient (Wildman–Crippen LogP) is 1.55. The first-order valence-corrected chi connectivity index (χ1v) is 13.6. The van der Waals surface area contributed by atoms with Crippen molar-refractivity contribution in [1.82, 2.24) is 10.6 Å². The van der Waals surface area contributed by atoms with Crippen LogP contribution in [0.5, 0.6) is 0 Å². The summed E-state index contributed by atoms with van der Waals surface area (Å²) in [4.78, 5) is 50.1. The standard InChI is InChI=1S/C29H40N4O9/c1-33(29(38)42-21-22-5-3-2-4-6-22)24-9-7-23(8-10-24)27(35)32-25(28(36)37)11-12-26(34)31-14-16-40-18-20-41-19-17-39-15-13-30/h2-10,25H,11-21,30H2,1H3,(H,31,34)(H,32,35)(H,36,37)/t25-/m0/s1. The fourth-order valence-corrected chi connectivity index (χ4v) is 3.51. The number of hydrogen-bond donors (Lipinski definition) is 4. The van der Waals surface area contributed by atoms with Crippen molar-refractivity contribution < 1.29 is 43.2 Å². The van der Waals surface area contributed by atoms with Crippen molar-refractivity contribution in [3.8, 4) is 0 Å². The third-order valence-corrected chi connectivity index (χ3v) is 5.83. The third kappa shape index (κ3) is 13.5. The number of amides is 3. The zero-order valence-electron chi connectivity index (χ0n) is 23.8. The summed E-state index contributed by atoms with van der Waals surface area (Å²) in [7, 11) is 1.54. The summed E-state index contributed by atoms with van der Waals surface area (Å²) < 4.78 is 21.2. The lowest BCUT2D eigenvalue weighted by atomic mass is 10.1. The highest BCUT2D eigenvalue weighted by Crippen LogP contribution is 2.16. The third-order valence-electron chi connectivity index (χ3n) is 5.83. The van der Waals surface area contributed by atoms with Crippen LogP contribution in [-0.4, -0.2) is 94.8 Å². The van der Waals surface area contributed by atoms with Crippen molar-refractivity contribution in [2.45, 2.75) is 25.5 Å². The number of hydrogen-bond acceptors (Lipinski definition) is 9. The SMILES string of the molecule is CN(C(=O)OCc1ccccc1)c1ccc(C(=O)N[C@@H](CCC(=O)NCCOCCOCCOCCN)C(=O)O)cc1. The average Bonchev–Trinajstić information content (AvgIpc) is 3.00. The summed E-state index contributed by atoms with van der Waals surface area (Å²) in [5, 5.41) is 14.6. The zero-order valence-corrected chi connectivity index (χ0v) is 23.8. The van der Waals surface area contributed by atoms with Crippen LogP contribution in [0, 0.1) is 0 Å². The minimum absolute atomic E-state index is 0.0953. The van der Waals surface area contributed by atoms with Gasteiger partial charge in [-0.2, -0.15) is 0 Å². The second-order valence-electron chi connectivity index (χ2n) is 9.02. The number of carbonyl (C=O) groups is 4. The molecule has 3 amide bonds. The molecule has 0 aliphatic heterocycles. The molecule has 0 heterocycles. The molecule has 2 aromatic rings. The molecule has 0 fully saturated rings. The molecule has 2 rings (SSSR count). The van der Waals surface area contributed by atoms with Crippen molar-refractivity contribution in [2.24, 2.45) is 5.73 Å². The number of nitrogens with one attached hydrogen (secondary N) is 2. The Kier molecular flexibility index (Phi) is 16.2. The van der Waals surface area contributed by atoms with Gasteiger partial charge in [-0.25, -0.2) is 9.59 Å². The van der Waals surface area contributed by atoms with Crippen LogP contribution >= 0.6 is 0 Å². The maximum absolute atomic E-state index is 12.6. The number of nitrogens with two attached hydrogens (primary N) is 1. The smallest absolute Gasteiger partial charge is 0.414 e. The van der Waals surface area contributed by atoms with E-state index in [0.29, 0.717) is 45.3 Å². The van der Waals surface area contributed by atoms with Gasteiger partial charge < -0.3 is 40.4 Å². The van der Waals surface area contributed by atoms with E-state index < -0.39 is 24.0 Å². The first kappa shape index (κ1) is 34.2. The van der Waals surface area contributed by atoms with Gasteiger partial charge in [-0.05, 0) is 36.2 Å². The highest BCUT2D eigenvalue weighted by atomic mass is 16.6. The van der Waals surface area contributed by atoms with E-state index in [1.165, 1.54) is 24.1 Å². The van der Waals surface area contributed by atoms with E-state index in [-0.39, 0.29) is 44.1 Å². The van der Waals surface area contributed by atoms with Gasteiger partial charge in [0, 0.05) is 37.8 Å². The fraction of sp³-hybridized carbons (Fsp3) is 0.448. The highest BCUT2D eigenvalue weighted by molar-refractivity contribution is 5.97. The monoisotopic (exact) mass is 588 g/mol. The number of carboxylic acid groups (broad SMARTS) is 1. The van der Waals surface area contributed by atoms with Gasteiger partial charge in [-0.1, -0.05) is 30.3 Å². The zero-order chi connectivity index (χ0) is 30.6.